The van der Waals surface area contributed by atoms with Crippen molar-refractivity contribution in [3.63, 3.8) is 0 Å². The van der Waals surface area contributed by atoms with E-state index in [4.69, 9.17) is 4.74 Å². The lowest BCUT2D eigenvalue weighted by Crippen LogP contribution is -2.07. The molecular formula is C12H14BrFO. The van der Waals surface area contributed by atoms with Crippen LogP contribution in [0.1, 0.15) is 30.1 Å². The third-order valence-corrected chi connectivity index (χ3v) is 3.56. The number of hydrogen-bond donors (Lipinski definition) is 0. The van der Waals surface area contributed by atoms with Crippen LogP contribution >= 0.6 is 15.9 Å². The summed E-state index contributed by atoms with van der Waals surface area (Å²) >= 11 is 3.42. The summed E-state index contributed by atoms with van der Waals surface area (Å²) in [5.41, 5.74) is 1.79. The Kier molecular flexibility index (Phi) is 3.42. The summed E-state index contributed by atoms with van der Waals surface area (Å²) in [7, 11) is 0. The lowest BCUT2D eigenvalue weighted by molar-refractivity contribution is 0.0588. The Morgan fingerprint density at radius 1 is 1.47 bits per heavy atom. The van der Waals surface area contributed by atoms with E-state index >= 15 is 0 Å². The van der Waals surface area contributed by atoms with E-state index in [1.54, 1.807) is 6.92 Å². The molecule has 2 rings (SSSR count). The maximum Gasteiger partial charge on any atom is 0.126 e. The molecule has 0 aliphatic carbocycles. The molecule has 1 heterocycles. The van der Waals surface area contributed by atoms with Gasteiger partial charge >= 0.3 is 0 Å². The lowest BCUT2D eigenvalue weighted by atomic mass is 10.0. The van der Waals surface area contributed by atoms with Crippen molar-refractivity contribution < 1.29 is 9.13 Å². The number of hydrogen-bond acceptors (Lipinski definition) is 1. The van der Waals surface area contributed by atoms with E-state index in [-0.39, 0.29) is 11.9 Å². The van der Waals surface area contributed by atoms with Crippen LogP contribution in [-0.2, 0) is 4.74 Å². The first-order chi connectivity index (χ1) is 7.20. The first kappa shape index (κ1) is 11.1. The monoisotopic (exact) mass is 272 g/mol. The van der Waals surface area contributed by atoms with Gasteiger partial charge in [0.05, 0.1) is 12.2 Å². The first-order valence-electron chi connectivity index (χ1n) is 5.18. The molecule has 1 aliphatic heterocycles. The van der Waals surface area contributed by atoms with Crippen LogP contribution in [0.3, 0.4) is 0 Å². The first-order valence-corrected chi connectivity index (χ1v) is 6.30. The molecule has 1 aromatic carbocycles. The van der Waals surface area contributed by atoms with Gasteiger partial charge in [-0.3, -0.25) is 0 Å². The Bertz CT molecular complexity index is 353. The van der Waals surface area contributed by atoms with Crippen LogP contribution in [0.5, 0.6) is 0 Å². The van der Waals surface area contributed by atoms with E-state index in [0.717, 1.165) is 23.7 Å². The molecule has 0 amide bonds. The summed E-state index contributed by atoms with van der Waals surface area (Å²) < 4.78 is 18.9. The predicted molar refractivity (Wildman–Crippen MR) is 61.8 cm³/mol. The van der Waals surface area contributed by atoms with Crippen LogP contribution < -0.4 is 0 Å². The second-order valence-corrected chi connectivity index (χ2v) is 4.63. The van der Waals surface area contributed by atoms with Crippen molar-refractivity contribution in [1.82, 2.24) is 0 Å². The SMILES string of the molecule is Cc1cc(C2CC[C@H](CBr)O2)ccc1F. The Hall–Kier alpha value is -0.410. The van der Waals surface area contributed by atoms with E-state index in [1.807, 2.05) is 12.1 Å². The van der Waals surface area contributed by atoms with Crippen molar-refractivity contribution in [2.24, 2.45) is 0 Å². The minimum absolute atomic E-state index is 0.145. The van der Waals surface area contributed by atoms with E-state index in [0.29, 0.717) is 11.7 Å². The molecule has 0 bridgehead atoms. The maximum absolute atomic E-state index is 13.1. The molecule has 1 aliphatic rings. The summed E-state index contributed by atoms with van der Waals surface area (Å²) in [4.78, 5) is 0. The van der Waals surface area contributed by atoms with Gasteiger partial charge in [0.25, 0.3) is 0 Å². The van der Waals surface area contributed by atoms with Crippen molar-refractivity contribution in [3.05, 3.63) is 35.1 Å². The van der Waals surface area contributed by atoms with Gasteiger partial charge in [-0.05, 0) is 37.0 Å². The van der Waals surface area contributed by atoms with Crippen molar-refractivity contribution in [2.75, 3.05) is 5.33 Å². The number of ether oxygens (including phenoxy) is 1. The quantitative estimate of drug-likeness (QED) is 0.746. The highest BCUT2D eigenvalue weighted by atomic mass is 79.9. The van der Waals surface area contributed by atoms with Crippen LogP contribution in [0, 0.1) is 12.7 Å². The molecule has 82 valence electrons. The summed E-state index contributed by atoms with van der Waals surface area (Å²) in [6.07, 6.45) is 2.56. The Morgan fingerprint density at radius 2 is 2.27 bits per heavy atom. The third kappa shape index (κ3) is 2.40. The van der Waals surface area contributed by atoms with Crippen LogP contribution in [0.25, 0.3) is 0 Å². The standard InChI is InChI=1S/C12H14BrFO/c1-8-6-9(2-4-11(8)14)12-5-3-10(7-13)15-12/h2,4,6,10,12H,3,5,7H2,1H3/t10-,12?/m1/s1. The Balaban J connectivity index is 2.13. The molecule has 0 saturated carbocycles. The topological polar surface area (TPSA) is 9.23 Å². The van der Waals surface area contributed by atoms with Gasteiger partial charge in [-0.2, -0.15) is 0 Å². The number of aryl methyl sites for hydroxylation is 1. The summed E-state index contributed by atoms with van der Waals surface area (Å²) in [6.45, 7) is 1.79. The minimum atomic E-state index is -0.145. The third-order valence-electron chi connectivity index (χ3n) is 2.83. The normalized spacial score (nSPS) is 25.8. The van der Waals surface area contributed by atoms with Gasteiger partial charge in [-0.1, -0.05) is 28.1 Å². The molecule has 1 fully saturated rings. The second-order valence-electron chi connectivity index (χ2n) is 3.99. The van der Waals surface area contributed by atoms with Crippen molar-refractivity contribution >= 4 is 15.9 Å². The van der Waals surface area contributed by atoms with Crippen LogP contribution in [0.2, 0.25) is 0 Å². The minimum Gasteiger partial charge on any atom is -0.369 e. The lowest BCUT2D eigenvalue weighted by Gasteiger charge is -2.13. The molecule has 1 saturated heterocycles. The highest BCUT2D eigenvalue weighted by Crippen LogP contribution is 2.33. The average Bonchev–Trinajstić information content (AvgIpc) is 2.70. The molecule has 0 spiro atoms. The molecule has 3 heteroatoms. The molecule has 1 unspecified atom stereocenters. The fourth-order valence-corrected chi connectivity index (χ4v) is 2.41. The fourth-order valence-electron chi connectivity index (χ4n) is 1.93. The van der Waals surface area contributed by atoms with E-state index in [1.165, 1.54) is 6.07 Å². The summed E-state index contributed by atoms with van der Waals surface area (Å²) in [5.74, 6) is -0.145. The fraction of sp³-hybridized carbons (Fsp3) is 0.500. The maximum atomic E-state index is 13.1. The van der Waals surface area contributed by atoms with Crippen molar-refractivity contribution in [3.8, 4) is 0 Å². The van der Waals surface area contributed by atoms with Crippen molar-refractivity contribution in [1.29, 1.82) is 0 Å². The number of halogens is 2. The molecule has 1 aromatic rings. The van der Waals surface area contributed by atoms with Gasteiger partial charge in [0.2, 0.25) is 0 Å². The number of alkyl halides is 1. The van der Waals surface area contributed by atoms with E-state index in [2.05, 4.69) is 15.9 Å². The van der Waals surface area contributed by atoms with Crippen LogP contribution in [0.15, 0.2) is 18.2 Å². The van der Waals surface area contributed by atoms with E-state index < -0.39 is 0 Å². The number of benzene rings is 1. The molecule has 15 heavy (non-hydrogen) atoms. The zero-order valence-corrected chi connectivity index (χ0v) is 10.3. The highest BCUT2D eigenvalue weighted by molar-refractivity contribution is 9.09. The van der Waals surface area contributed by atoms with Gasteiger partial charge in [0.15, 0.2) is 0 Å². The molecule has 0 aromatic heterocycles. The second kappa shape index (κ2) is 4.62. The molecule has 0 N–H and O–H groups in total. The predicted octanol–water partition coefficient (Wildman–Crippen LogP) is 3.75. The Labute approximate surface area is 97.8 Å². The molecule has 0 radical (unpaired) electrons. The van der Waals surface area contributed by atoms with Gasteiger partial charge in [-0.15, -0.1) is 0 Å². The zero-order valence-electron chi connectivity index (χ0n) is 8.67. The molecule has 2 atom stereocenters. The largest absolute Gasteiger partial charge is 0.369 e. The molecule has 1 nitrogen and oxygen atoms in total. The van der Waals surface area contributed by atoms with Gasteiger partial charge in [0.1, 0.15) is 5.82 Å². The number of rotatable bonds is 2. The van der Waals surface area contributed by atoms with Gasteiger partial charge in [-0.25, -0.2) is 4.39 Å². The average molecular weight is 273 g/mol. The Morgan fingerprint density at radius 3 is 2.87 bits per heavy atom. The van der Waals surface area contributed by atoms with Gasteiger partial charge in [0, 0.05) is 5.33 Å². The highest BCUT2D eigenvalue weighted by Gasteiger charge is 2.25. The summed E-state index contributed by atoms with van der Waals surface area (Å²) in [5, 5.41) is 0.879. The summed E-state index contributed by atoms with van der Waals surface area (Å²) in [6, 6.07) is 5.23. The van der Waals surface area contributed by atoms with E-state index in [9.17, 15) is 4.39 Å². The molecular weight excluding hydrogens is 259 g/mol. The van der Waals surface area contributed by atoms with Gasteiger partial charge < -0.3 is 4.74 Å². The van der Waals surface area contributed by atoms with Crippen LogP contribution in [-0.4, -0.2) is 11.4 Å². The zero-order chi connectivity index (χ0) is 10.8. The van der Waals surface area contributed by atoms with Crippen LogP contribution in [0.4, 0.5) is 4.39 Å². The smallest absolute Gasteiger partial charge is 0.126 e. The van der Waals surface area contributed by atoms with Crippen molar-refractivity contribution in [2.45, 2.75) is 32.0 Å².